The maximum atomic E-state index is 12.5. The first-order chi connectivity index (χ1) is 12.5. The summed E-state index contributed by atoms with van der Waals surface area (Å²) in [6, 6.07) is 16.4. The third kappa shape index (κ3) is 5.47. The van der Waals surface area contributed by atoms with Crippen molar-refractivity contribution in [2.75, 3.05) is 19.0 Å². The van der Waals surface area contributed by atoms with Crippen molar-refractivity contribution in [1.29, 1.82) is 5.26 Å². The van der Waals surface area contributed by atoms with Crippen LogP contribution < -0.4 is 10.1 Å². The summed E-state index contributed by atoms with van der Waals surface area (Å²) in [5, 5.41) is 11.8. The third-order valence-corrected chi connectivity index (χ3v) is 4.02. The minimum absolute atomic E-state index is 0.117. The van der Waals surface area contributed by atoms with E-state index in [9.17, 15) is 4.79 Å². The number of hydrogen-bond donors (Lipinski definition) is 1. The number of nitriles is 1. The van der Waals surface area contributed by atoms with Crippen LogP contribution in [0.5, 0.6) is 5.75 Å². The van der Waals surface area contributed by atoms with Crippen molar-refractivity contribution in [3.05, 3.63) is 72.3 Å². The molecule has 0 aliphatic carbocycles. The van der Waals surface area contributed by atoms with Crippen molar-refractivity contribution in [1.82, 2.24) is 4.90 Å². The van der Waals surface area contributed by atoms with Crippen LogP contribution in [0.1, 0.15) is 18.1 Å². The summed E-state index contributed by atoms with van der Waals surface area (Å²) >= 11 is 0. The van der Waals surface area contributed by atoms with Gasteiger partial charge in [-0.05, 0) is 49.9 Å². The fourth-order valence-electron chi connectivity index (χ4n) is 2.38. The molecule has 5 heteroatoms. The van der Waals surface area contributed by atoms with E-state index >= 15 is 0 Å². The van der Waals surface area contributed by atoms with E-state index in [0.717, 1.165) is 11.3 Å². The van der Waals surface area contributed by atoms with Gasteiger partial charge in [0, 0.05) is 12.2 Å². The molecule has 0 aliphatic heterocycles. The Balaban J connectivity index is 1.93. The molecule has 0 fully saturated rings. The summed E-state index contributed by atoms with van der Waals surface area (Å²) in [5.41, 5.74) is 2.23. The van der Waals surface area contributed by atoms with Crippen molar-refractivity contribution < 1.29 is 9.53 Å². The standard InChI is InChI=1S/C21H23N3O2/c1-4-12-26-20-10-8-17(9-11-20)15-24(3)16(2)21(25)23-19-7-5-6-18(13-19)14-22/h4-11,13,16H,1,12,15H2,2-3H3,(H,23,25)/t16-/m1/s1. The van der Waals surface area contributed by atoms with E-state index in [1.54, 1.807) is 30.3 Å². The van der Waals surface area contributed by atoms with Crippen LogP contribution in [0, 0.1) is 11.3 Å². The van der Waals surface area contributed by atoms with E-state index in [2.05, 4.69) is 18.0 Å². The summed E-state index contributed by atoms with van der Waals surface area (Å²) in [6.07, 6.45) is 1.70. The van der Waals surface area contributed by atoms with Crippen molar-refractivity contribution >= 4 is 11.6 Å². The van der Waals surface area contributed by atoms with Gasteiger partial charge in [0.1, 0.15) is 12.4 Å². The van der Waals surface area contributed by atoms with Crippen LogP contribution in [0.15, 0.2) is 61.2 Å². The number of nitrogens with one attached hydrogen (secondary N) is 1. The molecule has 0 spiro atoms. The van der Waals surface area contributed by atoms with Crippen molar-refractivity contribution in [3.8, 4) is 11.8 Å². The second-order valence-electron chi connectivity index (χ2n) is 6.02. The SMILES string of the molecule is C=CCOc1ccc(CN(C)[C@H](C)C(=O)Nc2cccc(C#N)c2)cc1. The van der Waals surface area contributed by atoms with E-state index in [1.807, 2.05) is 43.1 Å². The summed E-state index contributed by atoms with van der Waals surface area (Å²) in [5.74, 6) is 0.674. The highest BCUT2D eigenvalue weighted by Crippen LogP contribution is 2.15. The lowest BCUT2D eigenvalue weighted by Crippen LogP contribution is -2.39. The predicted octanol–water partition coefficient (Wildman–Crippen LogP) is 3.58. The smallest absolute Gasteiger partial charge is 0.241 e. The number of ether oxygens (including phenoxy) is 1. The van der Waals surface area contributed by atoms with Crippen molar-refractivity contribution in [2.24, 2.45) is 0 Å². The number of hydrogen-bond acceptors (Lipinski definition) is 4. The molecule has 0 saturated carbocycles. The van der Waals surface area contributed by atoms with Crippen LogP contribution in [0.25, 0.3) is 0 Å². The zero-order valence-electron chi connectivity index (χ0n) is 15.1. The Labute approximate surface area is 154 Å². The third-order valence-electron chi connectivity index (χ3n) is 4.02. The van der Waals surface area contributed by atoms with Crippen LogP contribution in [0.2, 0.25) is 0 Å². The lowest BCUT2D eigenvalue weighted by Gasteiger charge is -2.24. The van der Waals surface area contributed by atoms with Gasteiger partial charge in [0.05, 0.1) is 17.7 Å². The Morgan fingerprint density at radius 1 is 1.35 bits per heavy atom. The molecular weight excluding hydrogens is 326 g/mol. The summed E-state index contributed by atoms with van der Waals surface area (Å²) in [4.78, 5) is 14.4. The average Bonchev–Trinajstić information content (AvgIpc) is 2.66. The number of benzene rings is 2. The molecule has 0 saturated heterocycles. The molecule has 134 valence electrons. The zero-order chi connectivity index (χ0) is 18.9. The van der Waals surface area contributed by atoms with Gasteiger partial charge in [-0.25, -0.2) is 0 Å². The maximum Gasteiger partial charge on any atom is 0.241 e. The molecule has 2 rings (SSSR count). The van der Waals surface area contributed by atoms with Crippen LogP contribution in [0.4, 0.5) is 5.69 Å². The monoisotopic (exact) mass is 349 g/mol. The molecule has 1 N–H and O–H groups in total. The topological polar surface area (TPSA) is 65.4 Å². The number of rotatable bonds is 8. The highest BCUT2D eigenvalue weighted by Gasteiger charge is 2.18. The molecule has 0 aromatic heterocycles. The van der Waals surface area contributed by atoms with Gasteiger partial charge in [0.25, 0.3) is 0 Å². The first-order valence-corrected chi connectivity index (χ1v) is 8.37. The minimum atomic E-state index is -0.322. The second-order valence-corrected chi connectivity index (χ2v) is 6.02. The lowest BCUT2D eigenvalue weighted by molar-refractivity contribution is -0.120. The van der Waals surface area contributed by atoms with Gasteiger partial charge in [-0.15, -0.1) is 0 Å². The summed E-state index contributed by atoms with van der Waals surface area (Å²) in [6.45, 7) is 6.58. The Hall–Kier alpha value is -3.10. The molecule has 0 heterocycles. The van der Waals surface area contributed by atoms with E-state index < -0.39 is 0 Å². The normalized spacial score (nSPS) is 11.5. The highest BCUT2D eigenvalue weighted by atomic mass is 16.5. The number of nitrogens with zero attached hydrogens (tertiary/aromatic N) is 2. The molecular formula is C21H23N3O2. The molecule has 0 bridgehead atoms. The first kappa shape index (κ1) is 19.2. The highest BCUT2D eigenvalue weighted by molar-refractivity contribution is 5.94. The largest absolute Gasteiger partial charge is 0.490 e. The molecule has 1 amide bonds. The second kappa shape index (κ2) is 9.40. The predicted molar refractivity (Wildman–Crippen MR) is 103 cm³/mol. The van der Waals surface area contributed by atoms with Gasteiger partial charge < -0.3 is 10.1 Å². The zero-order valence-corrected chi connectivity index (χ0v) is 15.1. The molecule has 0 unspecified atom stereocenters. The number of carbonyl (C=O) groups is 1. The van der Waals surface area contributed by atoms with E-state index in [-0.39, 0.29) is 11.9 Å². The Kier molecular flexibility index (Phi) is 6.95. The fourth-order valence-corrected chi connectivity index (χ4v) is 2.38. The quantitative estimate of drug-likeness (QED) is 0.740. The minimum Gasteiger partial charge on any atom is -0.490 e. The lowest BCUT2D eigenvalue weighted by atomic mass is 10.1. The molecule has 26 heavy (non-hydrogen) atoms. The molecule has 0 radical (unpaired) electrons. The Morgan fingerprint density at radius 2 is 2.08 bits per heavy atom. The fraction of sp³-hybridized carbons (Fsp3) is 0.238. The molecule has 1 atom stereocenters. The van der Waals surface area contributed by atoms with Gasteiger partial charge in [-0.3, -0.25) is 9.69 Å². The average molecular weight is 349 g/mol. The van der Waals surface area contributed by atoms with Gasteiger partial charge >= 0.3 is 0 Å². The molecule has 5 nitrogen and oxygen atoms in total. The molecule has 2 aromatic rings. The first-order valence-electron chi connectivity index (χ1n) is 8.37. The summed E-state index contributed by atoms with van der Waals surface area (Å²) < 4.78 is 5.47. The molecule has 2 aromatic carbocycles. The van der Waals surface area contributed by atoms with Crippen LogP contribution >= 0.6 is 0 Å². The van der Waals surface area contributed by atoms with Gasteiger partial charge in [0.15, 0.2) is 0 Å². The van der Waals surface area contributed by atoms with Gasteiger partial charge in [0.2, 0.25) is 5.91 Å². The van der Waals surface area contributed by atoms with Gasteiger partial charge in [-0.2, -0.15) is 5.26 Å². The van der Waals surface area contributed by atoms with E-state index in [1.165, 1.54) is 0 Å². The molecule has 0 aliphatic rings. The van der Waals surface area contributed by atoms with Crippen LogP contribution in [0.3, 0.4) is 0 Å². The van der Waals surface area contributed by atoms with Crippen molar-refractivity contribution in [2.45, 2.75) is 19.5 Å². The number of carbonyl (C=O) groups excluding carboxylic acids is 1. The van der Waals surface area contributed by atoms with E-state index in [0.29, 0.717) is 24.4 Å². The Morgan fingerprint density at radius 3 is 2.73 bits per heavy atom. The van der Waals surface area contributed by atoms with Crippen LogP contribution in [-0.4, -0.2) is 30.5 Å². The number of anilines is 1. The Bertz CT molecular complexity index is 794. The van der Waals surface area contributed by atoms with E-state index in [4.69, 9.17) is 10.00 Å². The van der Waals surface area contributed by atoms with Crippen molar-refractivity contribution in [3.63, 3.8) is 0 Å². The van der Waals surface area contributed by atoms with Gasteiger partial charge in [-0.1, -0.05) is 30.9 Å². The maximum absolute atomic E-state index is 12.5. The summed E-state index contributed by atoms with van der Waals surface area (Å²) in [7, 11) is 1.90. The number of likely N-dealkylation sites (N-methyl/N-ethyl adjacent to an activating group) is 1. The number of amides is 1. The van der Waals surface area contributed by atoms with Crippen LogP contribution in [-0.2, 0) is 11.3 Å².